The quantitative estimate of drug-likeness (QED) is 0.380. The second-order valence-electron chi connectivity index (χ2n) is 7.26. The molecule has 1 amide bonds. The van der Waals surface area contributed by atoms with E-state index in [1.54, 1.807) is 24.3 Å². The number of sulfone groups is 1. The molecule has 0 aliphatic carbocycles. The minimum atomic E-state index is -3.69. The molecule has 2 aromatic carbocycles. The van der Waals surface area contributed by atoms with Crippen molar-refractivity contribution >= 4 is 49.9 Å². The summed E-state index contributed by atoms with van der Waals surface area (Å²) < 4.78 is 39.1. The summed E-state index contributed by atoms with van der Waals surface area (Å²) in [4.78, 5) is 17.4. The van der Waals surface area contributed by atoms with Crippen LogP contribution in [-0.4, -0.2) is 54.9 Å². The van der Waals surface area contributed by atoms with E-state index >= 15 is 0 Å². The zero-order valence-electron chi connectivity index (χ0n) is 17.8. The highest BCUT2D eigenvalue weighted by atomic mass is 32.2. The summed E-state index contributed by atoms with van der Waals surface area (Å²) in [5.41, 5.74) is 1.77. The minimum absolute atomic E-state index is 0.0298. The van der Waals surface area contributed by atoms with Crippen LogP contribution in [0.2, 0.25) is 0 Å². The molecule has 2 aromatic rings. The van der Waals surface area contributed by atoms with Gasteiger partial charge in [0.25, 0.3) is 5.91 Å². The van der Waals surface area contributed by atoms with E-state index in [-0.39, 0.29) is 21.7 Å². The molecule has 0 saturated heterocycles. The van der Waals surface area contributed by atoms with Gasteiger partial charge in [0, 0.05) is 6.26 Å². The summed E-state index contributed by atoms with van der Waals surface area (Å²) >= 11 is 0.757. The van der Waals surface area contributed by atoms with Crippen LogP contribution < -0.4 is 9.47 Å². The summed E-state index contributed by atoms with van der Waals surface area (Å²) in [5, 5.41) is 8.10. The van der Waals surface area contributed by atoms with Crippen LogP contribution >= 0.6 is 11.9 Å². The molecule has 0 aromatic heterocycles. The van der Waals surface area contributed by atoms with Crippen LogP contribution in [0.15, 0.2) is 63.5 Å². The highest BCUT2D eigenvalue weighted by Gasteiger charge is 2.41. The van der Waals surface area contributed by atoms with Crippen LogP contribution in [-0.2, 0) is 14.6 Å². The fourth-order valence-electron chi connectivity index (χ4n) is 3.02. The Morgan fingerprint density at radius 1 is 1.03 bits per heavy atom. The average molecular weight is 485 g/mol. The van der Waals surface area contributed by atoms with Crippen LogP contribution in [0.5, 0.6) is 11.5 Å². The molecule has 0 spiro atoms. The van der Waals surface area contributed by atoms with Gasteiger partial charge in [0.2, 0.25) is 20.2 Å². The molecule has 0 saturated carbocycles. The smallest absolute Gasteiger partial charge is 0.283 e. The standard InChI is InChI=1S/C22H20N4O5S2/c1-14-3-7-16(8-4-14)30-11-12-31-17-9-5-15(6-10-17)13-18-19(23)26-21(24-20(18)27)32-25-22(26)33(2,28)29/h3-10,13,23H,11-12H2,1-2H3/b18-13-,23-19?. The number of carbonyl (C=O) groups excluding carboxylic acids is 1. The van der Waals surface area contributed by atoms with Crippen LogP contribution in [0.1, 0.15) is 11.1 Å². The third-order valence-corrected chi connectivity index (χ3v) is 6.41. The van der Waals surface area contributed by atoms with Gasteiger partial charge in [-0.25, -0.2) is 13.3 Å². The number of amides is 1. The lowest BCUT2D eigenvalue weighted by atomic mass is 10.1. The number of rotatable bonds is 6. The van der Waals surface area contributed by atoms with Crippen LogP contribution in [0.4, 0.5) is 0 Å². The van der Waals surface area contributed by atoms with Gasteiger partial charge >= 0.3 is 0 Å². The van der Waals surface area contributed by atoms with Gasteiger partial charge in [-0.3, -0.25) is 10.2 Å². The number of nitrogens with zero attached hydrogens (tertiary/aromatic N) is 3. The number of hydrogen-bond donors (Lipinski definition) is 1. The lowest BCUT2D eigenvalue weighted by Crippen LogP contribution is -2.45. The monoisotopic (exact) mass is 484 g/mol. The molecule has 2 heterocycles. The Hall–Kier alpha value is -3.44. The minimum Gasteiger partial charge on any atom is -0.490 e. The number of aliphatic imine (C=N–C) groups is 1. The second kappa shape index (κ2) is 9.20. The highest BCUT2D eigenvalue weighted by Crippen LogP contribution is 2.29. The number of aryl methyl sites for hydroxylation is 1. The van der Waals surface area contributed by atoms with Gasteiger partial charge in [0.15, 0.2) is 0 Å². The second-order valence-corrected chi connectivity index (χ2v) is 9.90. The van der Waals surface area contributed by atoms with Crippen molar-refractivity contribution < 1.29 is 22.7 Å². The Morgan fingerprint density at radius 2 is 1.61 bits per heavy atom. The first kappa shape index (κ1) is 22.7. The molecule has 9 nitrogen and oxygen atoms in total. The first-order valence-electron chi connectivity index (χ1n) is 9.83. The number of hydrogen-bond acceptors (Lipinski definition) is 8. The van der Waals surface area contributed by atoms with E-state index in [0.717, 1.165) is 34.4 Å². The zero-order chi connectivity index (χ0) is 23.6. The lowest BCUT2D eigenvalue weighted by Gasteiger charge is -2.23. The van der Waals surface area contributed by atoms with Gasteiger partial charge in [0.05, 0.1) is 17.5 Å². The van der Waals surface area contributed by atoms with Crippen molar-refractivity contribution in [1.29, 1.82) is 5.41 Å². The maximum atomic E-state index is 12.4. The Balaban J connectivity index is 1.40. The number of fused-ring (bicyclic) bond motifs is 1. The number of amidine groups is 3. The maximum absolute atomic E-state index is 12.4. The predicted octanol–water partition coefficient (Wildman–Crippen LogP) is 3.07. The number of carbonyl (C=O) groups is 1. The summed E-state index contributed by atoms with van der Waals surface area (Å²) in [6.07, 6.45) is 2.48. The fraction of sp³-hybridized carbons (Fsp3) is 0.182. The first-order chi connectivity index (χ1) is 15.7. The summed E-state index contributed by atoms with van der Waals surface area (Å²) in [7, 11) is -3.69. The van der Waals surface area contributed by atoms with Gasteiger partial charge in [-0.2, -0.15) is 9.39 Å². The van der Waals surface area contributed by atoms with Gasteiger partial charge in [0.1, 0.15) is 30.5 Å². The molecule has 2 aliphatic rings. The molecule has 33 heavy (non-hydrogen) atoms. The molecule has 170 valence electrons. The third kappa shape index (κ3) is 5.15. The van der Waals surface area contributed by atoms with Crippen molar-refractivity contribution in [3.05, 3.63) is 65.2 Å². The maximum Gasteiger partial charge on any atom is 0.283 e. The topological polar surface area (TPSA) is 121 Å². The predicted molar refractivity (Wildman–Crippen MR) is 128 cm³/mol. The fourth-order valence-corrected chi connectivity index (χ4v) is 4.86. The summed E-state index contributed by atoms with van der Waals surface area (Å²) in [5.74, 6) is 0.486. The molecular weight excluding hydrogens is 464 g/mol. The van der Waals surface area contributed by atoms with Crippen LogP contribution in [0, 0.1) is 12.3 Å². The summed E-state index contributed by atoms with van der Waals surface area (Å²) in [6, 6.07) is 14.7. The van der Waals surface area contributed by atoms with Crippen LogP contribution in [0.3, 0.4) is 0 Å². The number of nitrogens with one attached hydrogen (secondary N) is 1. The molecule has 0 atom stereocenters. The summed E-state index contributed by atoms with van der Waals surface area (Å²) in [6.45, 7) is 2.75. The Morgan fingerprint density at radius 3 is 2.18 bits per heavy atom. The molecule has 0 bridgehead atoms. The highest BCUT2D eigenvalue weighted by molar-refractivity contribution is 8.16. The van der Waals surface area contributed by atoms with Crippen LogP contribution in [0.25, 0.3) is 6.08 Å². The third-order valence-electron chi connectivity index (χ3n) is 4.66. The lowest BCUT2D eigenvalue weighted by molar-refractivity contribution is -0.114. The van der Waals surface area contributed by atoms with Crippen molar-refractivity contribution in [3.63, 3.8) is 0 Å². The molecule has 0 unspecified atom stereocenters. The van der Waals surface area contributed by atoms with Crippen molar-refractivity contribution in [2.45, 2.75) is 6.92 Å². The van der Waals surface area contributed by atoms with E-state index < -0.39 is 15.7 Å². The molecule has 4 rings (SSSR count). The van der Waals surface area contributed by atoms with Gasteiger partial charge < -0.3 is 9.47 Å². The average Bonchev–Trinajstić information content (AvgIpc) is 3.21. The van der Waals surface area contributed by atoms with E-state index in [9.17, 15) is 13.2 Å². The molecule has 2 aliphatic heterocycles. The first-order valence-corrected chi connectivity index (χ1v) is 12.5. The Bertz CT molecular complexity index is 1300. The van der Waals surface area contributed by atoms with Crippen molar-refractivity contribution in [1.82, 2.24) is 4.90 Å². The normalized spacial score (nSPS) is 17.0. The molecule has 1 N–H and O–H groups in total. The molecular formula is C22H20N4O5S2. The largest absolute Gasteiger partial charge is 0.490 e. The van der Waals surface area contributed by atoms with Crippen molar-refractivity contribution in [2.24, 2.45) is 9.39 Å². The van der Waals surface area contributed by atoms with Crippen molar-refractivity contribution in [2.75, 3.05) is 19.5 Å². The SMILES string of the molecule is Cc1ccc(OCCOc2ccc(/C=C3/C(=N)N4C(=NC3=O)SN=C4S(C)(=O)=O)cc2)cc1. The van der Waals surface area contributed by atoms with Gasteiger partial charge in [-0.15, -0.1) is 0 Å². The molecule has 11 heteroatoms. The number of ether oxygens (including phenoxy) is 2. The van der Waals surface area contributed by atoms with E-state index in [2.05, 4.69) is 9.39 Å². The Labute approximate surface area is 195 Å². The van der Waals surface area contributed by atoms with E-state index in [1.165, 1.54) is 6.08 Å². The van der Waals surface area contributed by atoms with Gasteiger partial charge in [-0.05, 0) is 42.8 Å². The Kier molecular flexibility index (Phi) is 6.34. The molecule has 0 fully saturated rings. The van der Waals surface area contributed by atoms with E-state index in [0.29, 0.717) is 24.5 Å². The van der Waals surface area contributed by atoms with E-state index in [4.69, 9.17) is 14.9 Å². The molecule has 0 radical (unpaired) electrons. The van der Waals surface area contributed by atoms with Crippen molar-refractivity contribution in [3.8, 4) is 11.5 Å². The zero-order valence-corrected chi connectivity index (χ0v) is 19.4. The number of benzene rings is 2. The van der Waals surface area contributed by atoms with E-state index in [1.807, 2.05) is 31.2 Å². The van der Waals surface area contributed by atoms with Gasteiger partial charge in [-0.1, -0.05) is 29.8 Å².